The van der Waals surface area contributed by atoms with Gasteiger partial charge in [-0.1, -0.05) is 34.1 Å². The lowest BCUT2D eigenvalue weighted by Gasteiger charge is -2.18. The average Bonchev–Trinajstić information content (AvgIpc) is 3.10. The minimum atomic E-state index is -1.03. The van der Waals surface area contributed by atoms with Crippen LogP contribution in [-0.4, -0.2) is 42.3 Å². The third kappa shape index (κ3) is 5.21. The van der Waals surface area contributed by atoms with E-state index in [1.807, 2.05) is 6.07 Å². The number of hydrogen-bond donors (Lipinski definition) is 0. The van der Waals surface area contributed by atoms with E-state index in [0.29, 0.717) is 27.1 Å². The van der Waals surface area contributed by atoms with Crippen molar-refractivity contribution in [3.05, 3.63) is 62.5 Å². The van der Waals surface area contributed by atoms with Gasteiger partial charge in [0.1, 0.15) is 12.6 Å². The van der Waals surface area contributed by atoms with Gasteiger partial charge in [0.15, 0.2) is 11.5 Å². The number of nitrogens with zero attached hydrogens (tertiary/aromatic N) is 2. The molecule has 0 radical (unpaired) electrons. The summed E-state index contributed by atoms with van der Waals surface area (Å²) in [5, 5.41) is 8.69. The zero-order valence-electron chi connectivity index (χ0n) is 18.0. The third-order valence-electron chi connectivity index (χ3n) is 4.84. The van der Waals surface area contributed by atoms with E-state index >= 15 is 0 Å². The molecular weight excluding hydrogens is 512 g/mol. The van der Waals surface area contributed by atoms with Crippen LogP contribution >= 0.6 is 27.7 Å². The van der Waals surface area contributed by atoms with E-state index in [1.54, 1.807) is 30.3 Å². The van der Waals surface area contributed by atoms with Crippen LogP contribution in [0, 0.1) is 11.3 Å². The number of rotatable bonds is 7. The first-order chi connectivity index (χ1) is 15.8. The Labute approximate surface area is 203 Å². The maximum absolute atomic E-state index is 12.7. The van der Waals surface area contributed by atoms with Crippen LogP contribution in [0.25, 0.3) is 6.08 Å². The summed E-state index contributed by atoms with van der Waals surface area (Å²) in [5.74, 6) is -0.425. The summed E-state index contributed by atoms with van der Waals surface area (Å²) < 4.78 is 16.5. The Morgan fingerprint density at radius 3 is 2.64 bits per heavy atom. The number of halogens is 1. The molecule has 2 aromatic carbocycles. The number of hydrogen-bond acceptors (Lipinski definition) is 8. The lowest BCUT2D eigenvalue weighted by molar-refractivity contribution is -0.148. The standard InChI is InChI=1S/C23H19BrN2O6S/c1-13(22(28)31-3)26-21(27)20(33-23(26)29)9-16-8-18(30-2)19(10-17(16)24)32-12-15-7-5-4-6-14(15)11-25/h4-10,13H,12H2,1-3H3/b20-9+/t13-/m1/s1. The number of esters is 1. The first kappa shape index (κ1) is 24.4. The van der Waals surface area contributed by atoms with E-state index in [1.165, 1.54) is 27.2 Å². The molecule has 0 bridgehead atoms. The fourth-order valence-corrected chi connectivity index (χ4v) is 4.41. The zero-order valence-corrected chi connectivity index (χ0v) is 20.4. The minimum Gasteiger partial charge on any atom is -0.493 e. The van der Waals surface area contributed by atoms with Crippen LogP contribution in [0.5, 0.6) is 11.5 Å². The van der Waals surface area contributed by atoms with Crippen molar-refractivity contribution in [3.8, 4) is 17.6 Å². The number of ether oxygens (including phenoxy) is 3. The van der Waals surface area contributed by atoms with Gasteiger partial charge >= 0.3 is 5.97 Å². The van der Waals surface area contributed by atoms with Crippen LogP contribution in [0.2, 0.25) is 0 Å². The van der Waals surface area contributed by atoms with E-state index in [2.05, 4.69) is 26.7 Å². The van der Waals surface area contributed by atoms with Gasteiger partial charge in [0.25, 0.3) is 11.1 Å². The number of methoxy groups -OCH3 is 2. The highest BCUT2D eigenvalue weighted by molar-refractivity contribution is 9.10. The molecule has 1 aliphatic heterocycles. The number of nitriles is 1. The second kappa shape index (κ2) is 10.6. The third-order valence-corrected chi connectivity index (χ3v) is 6.41. The van der Waals surface area contributed by atoms with Crippen LogP contribution < -0.4 is 9.47 Å². The molecule has 1 aliphatic rings. The zero-order chi connectivity index (χ0) is 24.1. The van der Waals surface area contributed by atoms with Crippen molar-refractivity contribution in [1.29, 1.82) is 5.26 Å². The monoisotopic (exact) mass is 530 g/mol. The molecule has 2 aromatic rings. The number of carbonyl (C=O) groups is 3. The predicted octanol–water partition coefficient (Wildman–Crippen LogP) is 4.51. The fraction of sp³-hybridized carbons (Fsp3) is 0.217. The second-order valence-corrected chi connectivity index (χ2v) is 8.68. The molecule has 33 heavy (non-hydrogen) atoms. The number of thioether (sulfide) groups is 1. The Morgan fingerprint density at radius 1 is 1.24 bits per heavy atom. The molecule has 170 valence electrons. The van der Waals surface area contributed by atoms with Gasteiger partial charge in [-0.3, -0.25) is 14.5 Å². The Kier molecular flexibility index (Phi) is 7.79. The van der Waals surface area contributed by atoms with E-state index in [9.17, 15) is 19.6 Å². The van der Waals surface area contributed by atoms with Gasteiger partial charge in [0.05, 0.1) is 30.8 Å². The van der Waals surface area contributed by atoms with Crippen LogP contribution in [0.1, 0.15) is 23.6 Å². The molecule has 0 spiro atoms. The van der Waals surface area contributed by atoms with Crippen molar-refractivity contribution in [2.45, 2.75) is 19.6 Å². The molecule has 2 amide bonds. The van der Waals surface area contributed by atoms with Gasteiger partial charge < -0.3 is 14.2 Å². The molecule has 1 heterocycles. The lowest BCUT2D eigenvalue weighted by Crippen LogP contribution is -2.42. The van der Waals surface area contributed by atoms with Gasteiger partial charge in [0.2, 0.25) is 0 Å². The lowest BCUT2D eigenvalue weighted by atomic mass is 10.1. The normalized spacial score (nSPS) is 15.4. The van der Waals surface area contributed by atoms with Crippen molar-refractivity contribution in [3.63, 3.8) is 0 Å². The van der Waals surface area contributed by atoms with Crippen LogP contribution in [0.3, 0.4) is 0 Å². The van der Waals surface area contributed by atoms with E-state index in [4.69, 9.17) is 9.47 Å². The summed E-state index contributed by atoms with van der Waals surface area (Å²) in [6, 6.07) is 11.6. The topological polar surface area (TPSA) is 106 Å². The largest absolute Gasteiger partial charge is 0.493 e. The molecule has 1 atom stereocenters. The predicted molar refractivity (Wildman–Crippen MR) is 125 cm³/mol. The molecule has 0 aliphatic carbocycles. The Bertz CT molecular complexity index is 1190. The summed E-state index contributed by atoms with van der Waals surface area (Å²) in [5.41, 5.74) is 1.83. The van der Waals surface area contributed by atoms with Crippen LogP contribution in [0.4, 0.5) is 4.79 Å². The highest BCUT2D eigenvalue weighted by atomic mass is 79.9. The molecule has 1 fully saturated rings. The maximum atomic E-state index is 12.7. The van der Waals surface area contributed by atoms with Crippen molar-refractivity contribution in [2.24, 2.45) is 0 Å². The number of benzene rings is 2. The Balaban J connectivity index is 1.86. The van der Waals surface area contributed by atoms with Crippen LogP contribution in [0.15, 0.2) is 45.8 Å². The van der Waals surface area contributed by atoms with Crippen molar-refractivity contribution >= 4 is 50.9 Å². The number of carbonyl (C=O) groups excluding carboxylic acids is 3. The second-order valence-electron chi connectivity index (χ2n) is 6.83. The van der Waals surface area contributed by atoms with Gasteiger partial charge in [-0.2, -0.15) is 5.26 Å². The summed E-state index contributed by atoms with van der Waals surface area (Å²) in [4.78, 5) is 37.9. The van der Waals surface area contributed by atoms with Gasteiger partial charge in [0, 0.05) is 10.0 Å². The van der Waals surface area contributed by atoms with Crippen molar-refractivity contribution < 1.29 is 28.6 Å². The molecular formula is C23H19BrN2O6S. The number of amides is 2. The summed E-state index contributed by atoms with van der Waals surface area (Å²) in [6.45, 7) is 1.59. The minimum absolute atomic E-state index is 0.162. The first-order valence-electron chi connectivity index (χ1n) is 9.64. The van der Waals surface area contributed by atoms with Crippen LogP contribution in [-0.2, 0) is 20.9 Å². The molecule has 0 aromatic heterocycles. The molecule has 1 saturated heterocycles. The van der Waals surface area contributed by atoms with Gasteiger partial charge in [-0.25, -0.2) is 4.79 Å². The van der Waals surface area contributed by atoms with Crippen molar-refractivity contribution in [1.82, 2.24) is 4.90 Å². The Hall–Kier alpha value is -3.29. The quantitative estimate of drug-likeness (QED) is 0.380. The van der Waals surface area contributed by atoms with E-state index in [-0.39, 0.29) is 11.5 Å². The molecule has 0 saturated carbocycles. The smallest absolute Gasteiger partial charge is 0.328 e. The van der Waals surface area contributed by atoms with Gasteiger partial charge in [-0.15, -0.1) is 0 Å². The highest BCUT2D eigenvalue weighted by Crippen LogP contribution is 2.39. The molecule has 3 rings (SSSR count). The molecule has 8 nitrogen and oxygen atoms in total. The van der Waals surface area contributed by atoms with Gasteiger partial charge in [-0.05, 0) is 48.5 Å². The SMILES string of the molecule is COC(=O)[C@@H](C)N1C(=O)S/C(=C/c2cc(OC)c(OCc3ccccc3C#N)cc2Br)C1=O. The Morgan fingerprint density at radius 2 is 1.97 bits per heavy atom. The molecule has 10 heteroatoms. The number of imide groups is 1. The molecule has 0 unspecified atom stereocenters. The first-order valence-corrected chi connectivity index (χ1v) is 11.2. The molecule has 0 N–H and O–H groups in total. The summed E-state index contributed by atoms with van der Waals surface area (Å²) in [6.07, 6.45) is 1.54. The van der Waals surface area contributed by atoms with E-state index in [0.717, 1.165) is 22.2 Å². The highest BCUT2D eigenvalue weighted by Gasteiger charge is 2.41. The average molecular weight is 531 g/mol. The summed E-state index contributed by atoms with van der Waals surface area (Å²) in [7, 11) is 2.68. The fourth-order valence-electron chi connectivity index (χ4n) is 3.08. The van der Waals surface area contributed by atoms with Crippen molar-refractivity contribution in [2.75, 3.05) is 14.2 Å². The maximum Gasteiger partial charge on any atom is 0.328 e. The summed E-state index contributed by atoms with van der Waals surface area (Å²) >= 11 is 4.20. The van der Waals surface area contributed by atoms with E-state index < -0.39 is 23.2 Å².